The third kappa shape index (κ3) is 4.34. The van der Waals surface area contributed by atoms with Crippen LogP contribution in [0.3, 0.4) is 0 Å². The number of amides is 2. The molecule has 1 aliphatic heterocycles. The molecule has 2 amide bonds. The van der Waals surface area contributed by atoms with Crippen molar-refractivity contribution in [1.82, 2.24) is 10.2 Å². The summed E-state index contributed by atoms with van der Waals surface area (Å²) in [5.41, 5.74) is 2.40. The van der Waals surface area contributed by atoms with E-state index in [0.29, 0.717) is 12.3 Å². The number of ether oxygens (including phenoxy) is 1. The summed E-state index contributed by atoms with van der Waals surface area (Å²) in [4.78, 5) is 37.3. The molecule has 1 saturated heterocycles. The fourth-order valence-corrected chi connectivity index (χ4v) is 4.03. The van der Waals surface area contributed by atoms with Crippen molar-refractivity contribution in [3.05, 3.63) is 35.4 Å². The van der Waals surface area contributed by atoms with E-state index in [-0.39, 0.29) is 23.7 Å². The molecule has 2 aliphatic rings. The number of rotatable bonds is 5. The molecular formula is C18H22N2O4S. The summed E-state index contributed by atoms with van der Waals surface area (Å²) in [5, 5.41) is 2.86. The van der Waals surface area contributed by atoms with Gasteiger partial charge in [0.15, 0.2) is 6.10 Å². The zero-order valence-corrected chi connectivity index (χ0v) is 15.0. The van der Waals surface area contributed by atoms with Gasteiger partial charge in [-0.15, -0.1) is 0 Å². The predicted molar refractivity (Wildman–Crippen MR) is 95.2 cm³/mol. The monoisotopic (exact) mass is 362 g/mol. The largest absolute Gasteiger partial charge is 0.451 e. The minimum absolute atomic E-state index is 0.0461. The van der Waals surface area contributed by atoms with Crippen LogP contribution in [0.5, 0.6) is 0 Å². The average Bonchev–Trinajstić information content (AvgIpc) is 2.99. The molecule has 1 aliphatic carbocycles. The van der Waals surface area contributed by atoms with Gasteiger partial charge in [-0.2, -0.15) is 0 Å². The van der Waals surface area contributed by atoms with Crippen molar-refractivity contribution >= 4 is 28.9 Å². The number of hydrogen-bond acceptors (Lipinski definition) is 5. The summed E-state index contributed by atoms with van der Waals surface area (Å²) in [7, 11) is 0. The summed E-state index contributed by atoms with van der Waals surface area (Å²) in [6.07, 6.45) is 2.04. The number of nitrogens with zero attached hydrogens (tertiary/aromatic N) is 1. The third-order valence-electron chi connectivity index (χ3n) is 4.53. The highest BCUT2D eigenvalue weighted by Crippen LogP contribution is 2.29. The minimum Gasteiger partial charge on any atom is -0.451 e. The number of aryl methyl sites for hydroxylation is 1. The van der Waals surface area contributed by atoms with E-state index in [2.05, 4.69) is 11.4 Å². The highest BCUT2D eigenvalue weighted by molar-refractivity contribution is 8.13. The minimum atomic E-state index is -0.882. The van der Waals surface area contributed by atoms with Crippen LogP contribution in [0.1, 0.15) is 36.9 Å². The van der Waals surface area contributed by atoms with E-state index in [9.17, 15) is 14.4 Å². The standard InChI is InChI=1S/C18H22N2O4S/c1-12(24-16(21)11-20-9-10-25-18(20)23)17(22)19-15-8-4-6-13-5-2-3-7-14(13)15/h2-3,5,7,12,15H,4,6,8-11H2,1H3,(H,19,22)/t12-,15-/m1/s1. The normalized spacial score (nSPS) is 20.8. The van der Waals surface area contributed by atoms with E-state index in [0.717, 1.165) is 24.8 Å². The Morgan fingerprint density at radius 3 is 2.96 bits per heavy atom. The van der Waals surface area contributed by atoms with E-state index >= 15 is 0 Å². The van der Waals surface area contributed by atoms with Gasteiger partial charge in [-0.1, -0.05) is 36.0 Å². The van der Waals surface area contributed by atoms with Gasteiger partial charge in [0, 0.05) is 12.3 Å². The molecule has 7 heteroatoms. The van der Waals surface area contributed by atoms with Gasteiger partial charge in [-0.05, 0) is 37.3 Å². The van der Waals surface area contributed by atoms with Crippen LogP contribution in [0.4, 0.5) is 4.79 Å². The summed E-state index contributed by atoms with van der Waals surface area (Å²) in [6.45, 7) is 2.00. The Morgan fingerprint density at radius 2 is 2.20 bits per heavy atom. The smallest absolute Gasteiger partial charge is 0.326 e. The molecule has 25 heavy (non-hydrogen) atoms. The second-order valence-corrected chi connectivity index (χ2v) is 7.37. The summed E-state index contributed by atoms with van der Waals surface area (Å²) >= 11 is 1.19. The quantitative estimate of drug-likeness (QED) is 0.814. The molecule has 6 nitrogen and oxygen atoms in total. The Bertz CT molecular complexity index is 679. The van der Waals surface area contributed by atoms with Crippen LogP contribution in [0.15, 0.2) is 24.3 Å². The van der Waals surface area contributed by atoms with E-state index in [1.54, 1.807) is 6.92 Å². The molecule has 1 heterocycles. The number of fused-ring (bicyclic) bond motifs is 1. The maximum atomic E-state index is 12.4. The number of hydrogen-bond donors (Lipinski definition) is 1. The van der Waals surface area contributed by atoms with Gasteiger partial charge < -0.3 is 15.0 Å². The van der Waals surface area contributed by atoms with E-state index in [1.807, 2.05) is 18.2 Å². The van der Waals surface area contributed by atoms with Crippen molar-refractivity contribution < 1.29 is 19.1 Å². The number of esters is 1. The van der Waals surface area contributed by atoms with Crippen molar-refractivity contribution in [1.29, 1.82) is 0 Å². The molecule has 2 atom stereocenters. The van der Waals surface area contributed by atoms with E-state index < -0.39 is 12.1 Å². The molecule has 134 valence electrons. The number of thioether (sulfide) groups is 1. The maximum Gasteiger partial charge on any atom is 0.326 e. The van der Waals surface area contributed by atoms with E-state index in [1.165, 1.54) is 22.2 Å². The van der Waals surface area contributed by atoms with Gasteiger partial charge in [-0.3, -0.25) is 14.4 Å². The van der Waals surface area contributed by atoms with Crippen LogP contribution in [0, 0.1) is 0 Å². The molecule has 0 unspecified atom stereocenters. The lowest BCUT2D eigenvalue weighted by Gasteiger charge is -2.27. The Labute approximate surface area is 151 Å². The number of carbonyl (C=O) groups excluding carboxylic acids is 3. The topological polar surface area (TPSA) is 75.7 Å². The fourth-order valence-electron chi connectivity index (χ4n) is 3.21. The van der Waals surface area contributed by atoms with Gasteiger partial charge in [0.2, 0.25) is 0 Å². The molecule has 0 saturated carbocycles. The summed E-state index contributed by atoms with van der Waals surface area (Å²) < 4.78 is 5.20. The van der Waals surface area contributed by atoms with Crippen LogP contribution in [0.2, 0.25) is 0 Å². The first-order valence-electron chi connectivity index (χ1n) is 8.54. The molecule has 3 rings (SSSR count). The molecule has 1 N–H and O–H groups in total. The molecule has 0 aromatic heterocycles. The first-order valence-corrected chi connectivity index (χ1v) is 9.52. The highest BCUT2D eigenvalue weighted by Gasteiger charge is 2.28. The molecule has 1 fully saturated rings. The van der Waals surface area contributed by atoms with Crippen molar-refractivity contribution in [2.75, 3.05) is 18.8 Å². The molecule has 0 spiro atoms. The van der Waals surface area contributed by atoms with E-state index in [4.69, 9.17) is 4.74 Å². The lowest BCUT2D eigenvalue weighted by molar-refractivity contribution is -0.155. The molecule has 1 aromatic rings. The first-order chi connectivity index (χ1) is 12.0. The Kier molecular flexibility index (Phi) is 5.63. The van der Waals surface area contributed by atoms with Crippen molar-refractivity contribution in [2.45, 2.75) is 38.3 Å². The molecular weight excluding hydrogens is 340 g/mol. The Hall–Kier alpha value is -2.02. The third-order valence-corrected chi connectivity index (χ3v) is 5.42. The molecule has 0 bridgehead atoms. The second kappa shape index (κ2) is 7.91. The number of nitrogens with one attached hydrogen (secondary N) is 1. The van der Waals surface area contributed by atoms with Gasteiger partial charge in [0.25, 0.3) is 11.1 Å². The predicted octanol–water partition coefficient (Wildman–Crippen LogP) is 2.28. The van der Waals surface area contributed by atoms with Crippen LogP contribution in [-0.2, 0) is 20.7 Å². The fraction of sp³-hybridized carbons (Fsp3) is 0.500. The molecule has 0 radical (unpaired) electrons. The molecule has 1 aromatic carbocycles. The summed E-state index contributed by atoms with van der Waals surface area (Å²) in [6, 6.07) is 8.05. The van der Waals surface area contributed by atoms with Crippen molar-refractivity contribution in [3.8, 4) is 0 Å². The maximum absolute atomic E-state index is 12.4. The van der Waals surface area contributed by atoms with Crippen LogP contribution >= 0.6 is 11.8 Å². The second-order valence-electron chi connectivity index (χ2n) is 6.32. The summed E-state index contributed by atoms with van der Waals surface area (Å²) in [5.74, 6) is -0.178. The van der Waals surface area contributed by atoms with Gasteiger partial charge in [0.05, 0.1) is 6.04 Å². The van der Waals surface area contributed by atoms with Crippen molar-refractivity contribution in [2.24, 2.45) is 0 Å². The Morgan fingerprint density at radius 1 is 1.40 bits per heavy atom. The lowest BCUT2D eigenvalue weighted by atomic mass is 9.87. The first kappa shape index (κ1) is 17.8. The lowest BCUT2D eigenvalue weighted by Crippen LogP contribution is -2.41. The van der Waals surface area contributed by atoms with Crippen molar-refractivity contribution in [3.63, 3.8) is 0 Å². The van der Waals surface area contributed by atoms with Gasteiger partial charge in [0.1, 0.15) is 6.54 Å². The van der Waals surface area contributed by atoms with Gasteiger partial charge >= 0.3 is 5.97 Å². The van der Waals surface area contributed by atoms with Crippen LogP contribution in [-0.4, -0.2) is 47.0 Å². The zero-order valence-electron chi connectivity index (χ0n) is 14.2. The average molecular weight is 362 g/mol. The SMILES string of the molecule is C[C@@H](OC(=O)CN1CCSC1=O)C(=O)N[C@@H]1CCCc2ccccc21. The van der Waals surface area contributed by atoms with Crippen LogP contribution < -0.4 is 5.32 Å². The highest BCUT2D eigenvalue weighted by atomic mass is 32.2. The Balaban J connectivity index is 1.53. The van der Waals surface area contributed by atoms with Crippen LogP contribution in [0.25, 0.3) is 0 Å². The number of benzene rings is 1. The van der Waals surface area contributed by atoms with Gasteiger partial charge in [-0.25, -0.2) is 0 Å². The zero-order chi connectivity index (χ0) is 17.8. The number of carbonyl (C=O) groups is 3.